The van der Waals surface area contributed by atoms with E-state index < -0.39 is 0 Å². The lowest BCUT2D eigenvalue weighted by Gasteiger charge is -2.30. The summed E-state index contributed by atoms with van der Waals surface area (Å²) in [5, 5.41) is 3.51. The zero-order chi connectivity index (χ0) is 15.3. The van der Waals surface area contributed by atoms with Gasteiger partial charge in [0.1, 0.15) is 12.4 Å². The maximum absolute atomic E-state index is 6.18. The first-order valence-corrected chi connectivity index (χ1v) is 8.41. The Kier molecular flexibility index (Phi) is 5.88. The molecule has 21 heavy (non-hydrogen) atoms. The van der Waals surface area contributed by atoms with E-state index in [1.54, 1.807) is 6.26 Å². The molecule has 1 saturated carbocycles. The van der Waals surface area contributed by atoms with Crippen molar-refractivity contribution in [1.29, 1.82) is 0 Å². The van der Waals surface area contributed by atoms with Crippen LogP contribution in [0.1, 0.15) is 71.1 Å². The van der Waals surface area contributed by atoms with E-state index in [9.17, 15) is 0 Å². The van der Waals surface area contributed by atoms with Crippen LogP contribution >= 0.6 is 0 Å². The summed E-state index contributed by atoms with van der Waals surface area (Å²) >= 11 is 0. The second-order valence-electron chi connectivity index (χ2n) is 7.27. The fourth-order valence-corrected chi connectivity index (χ4v) is 3.05. The molecule has 0 bridgehead atoms. The summed E-state index contributed by atoms with van der Waals surface area (Å²) in [6.45, 7) is 10.2. The lowest BCUT2D eigenvalue weighted by Crippen LogP contribution is -2.35. The van der Waals surface area contributed by atoms with Crippen molar-refractivity contribution in [1.82, 2.24) is 5.32 Å². The predicted molar refractivity (Wildman–Crippen MR) is 86.1 cm³/mol. The molecule has 0 radical (unpaired) electrons. The first kappa shape index (κ1) is 16.6. The van der Waals surface area contributed by atoms with E-state index in [0.29, 0.717) is 12.7 Å². The number of hydrogen-bond acceptors (Lipinski definition) is 3. The minimum atomic E-state index is 0.117. The number of rotatable bonds is 6. The molecule has 0 saturated heterocycles. The topological polar surface area (TPSA) is 34.4 Å². The fraction of sp³-hybridized carbons (Fsp3) is 0.778. The molecule has 0 aliphatic heterocycles. The second-order valence-corrected chi connectivity index (χ2v) is 7.27. The molecule has 1 aliphatic rings. The molecular formula is C18H31NO2. The van der Waals surface area contributed by atoms with E-state index in [0.717, 1.165) is 18.2 Å². The molecule has 1 heterocycles. The quantitative estimate of drug-likeness (QED) is 0.828. The van der Waals surface area contributed by atoms with Gasteiger partial charge in [-0.2, -0.15) is 0 Å². The maximum Gasteiger partial charge on any atom is 0.133 e. The van der Waals surface area contributed by atoms with Crippen LogP contribution in [0.4, 0.5) is 0 Å². The molecule has 0 spiro atoms. The van der Waals surface area contributed by atoms with Gasteiger partial charge in [-0.15, -0.1) is 0 Å². The van der Waals surface area contributed by atoms with Crippen LogP contribution in [0.15, 0.2) is 16.7 Å². The van der Waals surface area contributed by atoms with Crippen molar-refractivity contribution < 1.29 is 9.15 Å². The molecule has 3 heteroatoms. The van der Waals surface area contributed by atoms with E-state index in [4.69, 9.17) is 9.15 Å². The van der Waals surface area contributed by atoms with E-state index in [-0.39, 0.29) is 5.54 Å². The third-order valence-electron chi connectivity index (χ3n) is 4.44. The standard InChI is InChI=1S/C18H31NO2/c1-5-14-8-6-7-9-16(14)21-13-17-15(10-11-20-17)12-19-18(2,3)4/h10-11,14,16,19H,5-9,12-13H2,1-4H3. The zero-order valence-electron chi connectivity index (χ0n) is 14.1. The SMILES string of the molecule is CCC1CCCCC1OCc1occc1CNC(C)(C)C. The van der Waals surface area contributed by atoms with Crippen molar-refractivity contribution >= 4 is 0 Å². The van der Waals surface area contributed by atoms with Crippen molar-refractivity contribution in [3.63, 3.8) is 0 Å². The molecule has 1 aromatic rings. The minimum absolute atomic E-state index is 0.117. The van der Waals surface area contributed by atoms with E-state index in [2.05, 4.69) is 39.1 Å². The van der Waals surface area contributed by atoms with Gasteiger partial charge < -0.3 is 14.5 Å². The normalized spacial score (nSPS) is 23.4. The Morgan fingerprint density at radius 1 is 1.29 bits per heavy atom. The van der Waals surface area contributed by atoms with Crippen molar-refractivity contribution in [2.45, 2.75) is 84.6 Å². The monoisotopic (exact) mass is 293 g/mol. The Bertz CT molecular complexity index is 419. The maximum atomic E-state index is 6.18. The lowest BCUT2D eigenvalue weighted by atomic mass is 9.85. The summed E-state index contributed by atoms with van der Waals surface area (Å²) in [5.74, 6) is 1.71. The van der Waals surface area contributed by atoms with Gasteiger partial charge in [0, 0.05) is 17.6 Å². The van der Waals surface area contributed by atoms with Crippen LogP contribution in [-0.2, 0) is 17.9 Å². The fourth-order valence-electron chi connectivity index (χ4n) is 3.05. The van der Waals surface area contributed by atoms with Gasteiger partial charge >= 0.3 is 0 Å². The molecule has 2 atom stereocenters. The van der Waals surface area contributed by atoms with Crippen LogP contribution in [-0.4, -0.2) is 11.6 Å². The average Bonchev–Trinajstić information content (AvgIpc) is 2.90. The van der Waals surface area contributed by atoms with Gasteiger partial charge in [-0.3, -0.25) is 0 Å². The average molecular weight is 293 g/mol. The smallest absolute Gasteiger partial charge is 0.133 e. The Hall–Kier alpha value is -0.800. The summed E-state index contributed by atoms with van der Waals surface area (Å²) in [6.07, 6.45) is 8.60. The summed E-state index contributed by atoms with van der Waals surface area (Å²) in [4.78, 5) is 0. The molecule has 2 rings (SSSR count). The number of furan rings is 1. The van der Waals surface area contributed by atoms with Crippen LogP contribution in [0, 0.1) is 5.92 Å². The lowest BCUT2D eigenvalue weighted by molar-refractivity contribution is -0.0287. The molecule has 0 aromatic carbocycles. The van der Waals surface area contributed by atoms with Gasteiger partial charge in [-0.05, 0) is 45.6 Å². The molecule has 3 nitrogen and oxygen atoms in total. The molecule has 1 aromatic heterocycles. The summed E-state index contributed by atoms with van der Waals surface area (Å²) in [6, 6.07) is 2.05. The van der Waals surface area contributed by atoms with Crippen molar-refractivity contribution in [3.05, 3.63) is 23.7 Å². The van der Waals surface area contributed by atoms with Crippen LogP contribution in [0.3, 0.4) is 0 Å². The van der Waals surface area contributed by atoms with E-state index in [1.807, 2.05) is 0 Å². The first-order valence-electron chi connectivity index (χ1n) is 8.41. The first-order chi connectivity index (χ1) is 9.99. The van der Waals surface area contributed by atoms with Crippen LogP contribution < -0.4 is 5.32 Å². The van der Waals surface area contributed by atoms with Gasteiger partial charge in [0.15, 0.2) is 0 Å². The van der Waals surface area contributed by atoms with E-state index in [1.165, 1.54) is 37.7 Å². The highest BCUT2D eigenvalue weighted by atomic mass is 16.5. The third kappa shape index (κ3) is 5.15. The molecule has 1 fully saturated rings. The number of hydrogen-bond donors (Lipinski definition) is 1. The van der Waals surface area contributed by atoms with Crippen LogP contribution in [0.5, 0.6) is 0 Å². The number of nitrogens with one attached hydrogen (secondary N) is 1. The Balaban J connectivity index is 1.87. The van der Waals surface area contributed by atoms with Gasteiger partial charge in [0.05, 0.1) is 12.4 Å². The van der Waals surface area contributed by atoms with Crippen LogP contribution in [0.2, 0.25) is 0 Å². The highest BCUT2D eigenvalue weighted by Crippen LogP contribution is 2.30. The Labute approximate surface area is 129 Å². The molecule has 1 aliphatic carbocycles. The minimum Gasteiger partial charge on any atom is -0.467 e. The summed E-state index contributed by atoms with van der Waals surface area (Å²) in [5.41, 5.74) is 1.33. The summed E-state index contributed by atoms with van der Waals surface area (Å²) < 4.78 is 11.8. The summed E-state index contributed by atoms with van der Waals surface area (Å²) in [7, 11) is 0. The van der Waals surface area contributed by atoms with Crippen molar-refractivity contribution in [2.24, 2.45) is 5.92 Å². The Morgan fingerprint density at radius 3 is 2.76 bits per heavy atom. The van der Waals surface area contributed by atoms with E-state index >= 15 is 0 Å². The number of ether oxygens (including phenoxy) is 1. The van der Waals surface area contributed by atoms with Gasteiger partial charge in [-0.1, -0.05) is 26.2 Å². The molecular weight excluding hydrogens is 262 g/mol. The van der Waals surface area contributed by atoms with Crippen molar-refractivity contribution in [2.75, 3.05) is 0 Å². The largest absolute Gasteiger partial charge is 0.467 e. The van der Waals surface area contributed by atoms with Crippen LogP contribution in [0.25, 0.3) is 0 Å². The highest BCUT2D eigenvalue weighted by Gasteiger charge is 2.25. The zero-order valence-corrected chi connectivity index (χ0v) is 14.1. The highest BCUT2D eigenvalue weighted by molar-refractivity contribution is 5.16. The molecule has 0 amide bonds. The Morgan fingerprint density at radius 2 is 2.05 bits per heavy atom. The van der Waals surface area contributed by atoms with Gasteiger partial charge in [0.25, 0.3) is 0 Å². The van der Waals surface area contributed by atoms with Crippen molar-refractivity contribution in [3.8, 4) is 0 Å². The predicted octanol–water partition coefficient (Wildman–Crippen LogP) is 4.65. The van der Waals surface area contributed by atoms with Gasteiger partial charge in [-0.25, -0.2) is 0 Å². The third-order valence-corrected chi connectivity index (χ3v) is 4.44. The molecule has 120 valence electrons. The van der Waals surface area contributed by atoms with Gasteiger partial charge in [0.2, 0.25) is 0 Å². The second kappa shape index (κ2) is 7.46. The molecule has 1 N–H and O–H groups in total. The molecule has 2 unspecified atom stereocenters.